The molecular weight excluding hydrogens is 524 g/mol. The van der Waals surface area contributed by atoms with Crippen molar-refractivity contribution in [1.82, 2.24) is 0 Å². The quantitative estimate of drug-likeness (QED) is 0.228. The summed E-state index contributed by atoms with van der Waals surface area (Å²) in [5.41, 5.74) is 3.14. The molecule has 0 atom stereocenters. The van der Waals surface area contributed by atoms with E-state index in [1.54, 1.807) is 0 Å². The van der Waals surface area contributed by atoms with E-state index in [9.17, 15) is 19.2 Å². The van der Waals surface area contributed by atoms with Gasteiger partial charge in [-0.25, -0.2) is 9.59 Å². The van der Waals surface area contributed by atoms with Gasteiger partial charge in [-0.2, -0.15) is 0 Å². The Morgan fingerprint density at radius 3 is 1.42 bits per heavy atom. The van der Waals surface area contributed by atoms with E-state index in [1.165, 1.54) is 46.6 Å². The highest BCUT2D eigenvalue weighted by atomic mass is 32.1. The van der Waals surface area contributed by atoms with Crippen molar-refractivity contribution in [3.05, 3.63) is 32.0 Å². The Morgan fingerprint density at radius 2 is 1.03 bits per heavy atom. The summed E-state index contributed by atoms with van der Waals surface area (Å²) in [6, 6.07) is 0. The lowest BCUT2D eigenvalue weighted by Gasteiger charge is -2.08. The van der Waals surface area contributed by atoms with Crippen LogP contribution < -0.4 is 10.6 Å². The number of rotatable bonds is 13. The molecule has 4 rings (SSSR count). The number of hydrogen-bond acceptors (Lipinski definition) is 8. The van der Waals surface area contributed by atoms with Crippen LogP contribution in [-0.4, -0.2) is 38.0 Å². The van der Waals surface area contributed by atoms with Crippen molar-refractivity contribution < 1.29 is 28.7 Å². The van der Waals surface area contributed by atoms with Crippen LogP contribution in [0.1, 0.15) is 106 Å². The molecule has 2 amide bonds. The normalized spacial score (nSPS) is 13.6. The molecule has 0 fully saturated rings. The summed E-state index contributed by atoms with van der Waals surface area (Å²) in [6.07, 6.45) is 12.0. The van der Waals surface area contributed by atoms with Gasteiger partial charge in [0.15, 0.2) is 0 Å². The molecule has 0 spiro atoms. The van der Waals surface area contributed by atoms with Crippen LogP contribution in [0.3, 0.4) is 0 Å². The number of unbranched alkanes of at least 4 members (excludes halogenated alkanes) is 5. The summed E-state index contributed by atoms with van der Waals surface area (Å²) in [5, 5.41) is 7.11. The van der Waals surface area contributed by atoms with Crippen molar-refractivity contribution in [2.45, 2.75) is 89.9 Å². The third-order valence-corrected chi connectivity index (χ3v) is 9.60. The van der Waals surface area contributed by atoms with Crippen LogP contribution in [0.4, 0.5) is 10.0 Å². The van der Waals surface area contributed by atoms with Gasteiger partial charge in [0.1, 0.15) is 10.0 Å². The molecule has 0 aliphatic heterocycles. The molecule has 2 aliphatic carbocycles. The summed E-state index contributed by atoms with van der Waals surface area (Å²) in [6.45, 7) is 0. The molecule has 0 radical (unpaired) electrons. The van der Waals surface area contributed by atoms with Crippen molar-refractivity contribution >= 4 is 56.4 Å². The standard InChI is InChI=1S/C28H36N2O6S2/c1-35-27(33)23-17-11-9-13-19(17)37-25(23)29-21(31)15-7-5-3-4-6-8-16-22(32)30-26-24(28(34)36-2)18-12-10-14-20(18)38-26/h3-16H2,1-2H3,(H,29,31)(H,30,32). The first-order valence-corrected chi connectivity index (χ1v) is 15.1. The van der Waals surface area contributed by atoms with Gasteiger partial charge < -0.3 is 20.1 Å². The molecule has 0 unspecified atom stereocenters. The molecule has 2 aromatic rings. The van der Waals surface area contributed by atoms with Crippen molar-refractivity contribution in [3.8, 4) is 0 Å². The highest BCUT2D eigenvalue weighted by Gasteiger charge is 2.29. The lowest BCUT2D eigenvalue weighted by Crippen LogP contribution is -2.14. The predicted molar refractivity (Wildman–Crippen MR) is 150 cm³/mol. The van der Waals surface area contributed by atoms with Gasteiger partial charge in [0.05, 0.1) is 25.3 Å². The Hall–Kier alpha value is -2.72. The Labute approximate surface area is 231 Å². The topological polar surface area (TPSA) is 111 Å². The van der Waals surface area contributed by atoms with E-state index < -0.39 is 0 Å². The van der Waals surface area contributed by atoms with E-state index in [4.69, 9.17) is 9.47 Å². The molecule has 2 N–H and O–H groups in total. The van der Waals surface area contributed by atoms with Gasteiger partial charge in [-0.15, -0.1) is 22.7 Å². The molecule has 0 bridgehead atoms. The number of ether oxygens (including phenoxy) is 2. The number of carbonyl (C=O) groups is 4. The number of methoxy groups -OCH3 is 2. The second kappa shape index (κ2) is 13.4. The van der Waals surface area contributed by atoms with E-state index in [1.807, 2.05) is 0 Å². The average molecular weight is 561 g/mol. The maximum absolute atomic E-state index is 12.5. The van der Waals surface area contributed by atoms with Crippen LogP contribution in [0, 0.1) is 0 Å². The van der Waals surface area contributed by atoms with Gasteiger partial charge in [0, 0.05) is 22.6 Å². The molecule has 2 heterocycles. The molecule has 0 saturated heterocycles. The zero-order valence-corrected chi connectivity index (χ0v) is 23.8. The summed E-state index contributed by atoms with van der Waals surface area (Å²) >= 11 is 2.99. The zero-order valence-electron chi connectivity index (χ0n) is 22.2. The molecule has 8 nitrogen and oxygen atoms in total. The van der Waals surface area contributed by atoms with Gasteiger partial charge in [0.2, 0.25) is 11.8 Å². The maximum atomic E-state index is 12.5. The Kier molecular flexibility index (Phi) is 9.96. The number of aryl methyl sites for hydroxylation is 2. The van der Waals surface area contributed by atoms with Crippen molar-refractivity contribution in [2.24, 2.45) is 0 Å². The molecule has 10 heteroatoms. The van der Waals surface area contributed by atoms with Crippen molar-refractivity contribution in [3.63, 3.8) is 0 Å². The summed E-state index contributed by atoms with van der Waals surface area (Å²) in [7, 11) is 2.74. The minimum Gasteiger partial charge on any atom is -0.465 e. The fourth-order valence-corrected chi connectivity index (χ4v) is 7.86. The number of amides is 2. The van der Waals surface area contributed by atoms with Crippen LogP contribution in [-0.2, 0) is 44.7 Å². The van der Waals surface area contributed by atoms with Gasteiger partial charge in [-0.1, -0.05) is 25.7 Å². The summed E-state index contributed by atoms with van der Waals surface area (Å²) in [4.78, 5) is 51.7. The molecule has 206 valence electrons. The van der Waals surface area contributed by atoms with Crippen molar-refractivity contribution in [2.75, 3.05) is 24.9 Å². The number of fused-ring (bicyclic) bond motifs is 2. The van der Waals surface area contributed by atoms with Gasteiger partial charge >= 0.3 is 11.9 Å². The Balaban J connectivity index is 1.10. The summed E-state index contributed by atoms with van der Waals surface area (Å²) in [5.74, 6) is -0.900. The van der Waals surface area contributed by atoms with Crippen LogP contribution in [0.2, 0.25) is 0 Å². The number of nitrogens with one attached hydrogen (secondary N) is 2. The van der Waals surface area contributed by atoms with Crippen LogP contribution in [0.15, 0.2) is 0 Å². The summed E-state index contributed by atoms with van der Waals surface area (Å²) < 4.78 is 9.87. The van der Waals surface area contributed by atoms with Crippen molar-refractivity contribution in [1.29, 1.82) is 0 Å². The molecular formula is C28H36N2O6S2. The van der Waals surface area contributed by atoms with Crippen LogP contribution >= 0.6 is 22.7 Å². The SMILES string of the molecule is COC(=O)c1c(NC(=O)CCCCCCCCC(=O)Nc2sc3c(c2C(=O)OC)CCC3)sc2c1CCC2. The maximum Gasteiger partial charge on any atom is 0.341 e. The minimum absolute atomic E-state index is 0.0716. The van der Waals surface area contributed by atoms with Gasteiger partial charge in [-0.3, -0.25) is 9.59 Å². The first kappa shape index (κ1) is 28.3. The van der Waals surface area contributed by atoms with Gasteiger partial charge in [0.25, 0.3) is 0 Å². The molecule has 2 aliphatic rings. The van der Waals surface area contributed by atoms with E-state index in [0.29, 0.717) is 34.0 Å². The highest BCUT2D eigenvalue weighted by molar-refractivity contribution is 7.17. The van der Waals surface area contributed by atoms with Crippen LogP contribution in [0.25, 0.3) is 0 Å². The highest BCUT2D eigenvalue weighted by Crippen LogP contribution is 2.40. The second-order valence-electron chi connectivity index (χ2n) is 9.82. The first-order chi connectivity index (χ1) is 18.4. The smallest absolute Gasteiger partial charge is 0.341 e. The second-order valence-corrected chi connectivity index (χ2v) is 12.0. The van der Waals surface area contributed by atoms with E-state index in [0.717, 1.165) is 88.2 Å². The molecule has 2 aromatic heterocycles. The zero-order chi connectivity index (χ0) is 27.1. The third kappa shape index (κ3) is 6.64. The fraction of sp³-hybridized carbons (Fsp3) is 0.571. The predicted octanol–water partition coefficient (Wildman–Crippen LogP) is 6.06. The lowest BCUT2D eigenvalue weighted by atomic mass is 10.1. The van der Waals surface area contributed by atoms with Gasteiger partial charge in [-0.05, 0) is 62.5 Å². The minimum atomic E-state index is -0.378. The van der Waals surface area contributed by atoms with E-state index >= 15 is 0 Å². The average Bonchev–Trinajstić information content (AvgIpc) is 3.66. The Morgan fingerprint density at radius 1 is 0.632 bits per heavy atom. The monoisotopic (exact) mass is 560 g/mol. The number of thiophene rings is 2. The number of esters is 2. The number of hydrogen-bond donors (Lipinski definition) is 2. The fourth-order valence-electron chi connectivity index (χ4n) is 5.28. The largest absolute Gasteiger partial charge is 0.465 e. The number of carbonyl (C=O) groups excluding carboxylic acids is 4. The van der Waals surface area contributed by atoms with E-state index in [-0.39, 0.29) is 23.8 Å². The number of anilines is 2. The van der Waals surface area contributed by atoms with Crippen LogP contribution in [0.5, 0.6) is 0 Å². The molecule has 38 heavy (non-hydrogen) atoms. The lowest BCUT2D eigenvalue weighted by molar-refractivity contribution is -0.117. The Bertz CT molecular complexity index is 1110. The molecule has 0 saturated carbocycles. The molecule has 0 aromatic carbocycles. The third-order valence-electron chi connectivity index (χ3n) is 7.19. The van der Waals surface area contributed by atoms with E-state index in [2.05, 4.69) is 10.6 Å². The first-order valence-electron chi connectivity index (χ1n) is 13.5.